The highest BCUT2D eigenvalue weighted by Gasteiger charge is 2.17. The van der Waals surface area contributed by atoms with Crippen LogP contribution in [0.5, 0.6) is 0 Å². The second-order valence-corrected chi connectivity index (χ2v) is 5.93. The number of aromatic nitrogens is 1. The molecule has 112 valence electrons. The Hall–Kier alpha value is -1.62. The number of ether oxygens (including phenoxy) is 1. The Bertz CT molecular complexity index is 415. The van der Waals surface area contributed by atoms with E-state index < -0.39 is 11.7 Å². The lowest BCUT2D eigenvalue weighted by atomic mass is 10.2. The first-order valence-electron chi connectivity index (χ1n) is 6.92. The van der Waals surface area contributed by atoms with Gasteiger partial charge in [0.2, 0.25) is 0 Å². The molecule has 5 nitrogen and oxygen atoms in total. The number of nitrogens with zero attached hydrogens (tertiary/aromatic N) is 1. The Labute approximate surface area is 121 Å². The van der Waals surface area contributed by atoms with Crippen molar-refractivity contribution in [2.24, 2.45) is 0 Å². The molecule has 0 bridgehead atoms. The van der Waals surface area contributed by atoms with Crippen molar-refractivity contribution in [1.29, 1.82) is 0 Å². The monoisotopic (exact) mass is 279 g/mol. The van der Waals surface area contributed by atoms with Gasteiger partial charge in [-0.25, -0.2) is 4.79 Å². The zero-order valence-electron chi connectivity index (χ0n) is 12.9. The summed E-state index contributed by atoms with van der Waals surface area (Å²) in [4.78, 5) is 15.8. The predicted octanol–water partition coefficient (Wildman–Crippen LogP) is 2.65. The minimum Gasteiger partial charge on any atom is -0.444 e. The fourth-order valence-electron chi connectivity index (χ4n) is 1.75. The van der Waals surface area contributed by atoms with E-state index in [0.29, 0.717) is 6.54 Å². The van der Waals surface area contributed by atoms with Crippen LogP contribution in [0.2, 0.25) is 0 Å². The molecule has 5 heteroatoms. The van der Waals surface area contributed by atoms with E-state index >= 15 is 0 Å². The minimum atomic E-state index is -0.470. The summed E-state index contributed by atoms with van der Waals surface area (Å²) in [5, 5.41) is 6.13. The molecular formula is C15H25N3O2. The van der Waals surface area contributed by atoms with Crippen molar-refractivity contribution in [3.05, 3.63) is 30.1 Å². The second-order valence-electron chi connectivity index (χ2n) is 5.93. The van der Waals surface area contributed by atoms with Crippen molar-refractivity contribution in [3.63, 3.8) is 0 Å². The maximum Gasteiger partial charge on any atom is 0.407 e. The lowest BCUT2D eigenvalue weighted by Crippen LogP contribution is -2.42. The summed E-state index contributed by atoms with van der Waals surface area (Å²) in [6.07, 6.45) is 1.38. The summed E-state index contributed by atoms with van der Waals surface area (Å²) in [6.45, 7) is 10.1. The molecule has 1 heterocycles. The lowest BCUT2D eigenvalue weighted by molar-refractivity contribution is 0.0522. The van der Waals surface area contributed by atoms with Gasteiger partial charge in [-0.15, -0.1) is 0 Å². The Balaban J connectivity index is 2.33. The molecule has 0 fully saturated rings. The van der Waals surface area contributed by atoms with Crippen molar-refractivity contribution in [2.45, 2.75) is 52.3 Å². The SMILES string of the molecule is CC(CNC(=O)OC(C)(C)C)N[C@H](C)c1ccccn1. The average molecular weight is 279 g/mol. The van der Waals surface area contributed by atoms with E-state index in [1.807, 2.05) is 52.8 Å². The summed E-state index contributed by atoms with van der Waals surface area (Å²) in [7, 11) is 0. The topological polar surface area (TPSA) is 63.2 Å². The number of carbonyl (C=O) groups is 1. The van der Waals surface area contributed by atoms with Gasteiger partial charge in [-0.2, -0.15) is 0 Å². The molecule has 0 saturated carbocycles. The molecular weight excluding hydrogens is 254 g/mol. The summed E-state index contributed by atoms with van der Waals surface area (Å²) in [5.41, 5.74) is 0.513. The first kappa shape index (κ1) is 16.4. The number of carbonyl (C=O) groups excluding carboxylic acids is 1. The molecule has 1 amide bonds. The van der Waals surface area contributed by atoms with E-state index in [2.05, 4.69) is 15.6 Å². The number of amides is 1. The van der Waals surface area contributed by atoms with Gasteiger partial charge in [0, 0.05) is 24.8 Å². The third kappa shape index (κ3) is 6.52. The van der Waals surface area contributed by atoms with E-state index in [1.165, 1.54) is 0 Å². The molecule has 0 aliphatic rings. The van der Waals surface area contributed by atoms with E-state index in [-0.39, 0.29) is 12.1 Å². The first-order valence-corrected chi connectivity index (χ1v) is 6.92. The first-order chi connectivity index (χ1) is 9.28. The smallest absolute Gasteiger partial charge is 0.407 e. The van der Waals surface area contributed by atoms with Gasteiger partial charge in [-0.05, 0) is 46.8 Å². The van der Waals surface area contributed by atoms with E-state index in [4.69, 9.17) is 4.74 Å². The minimum absolute atomic E-state index is 0.125. The summed E-state index contributed by atoms with van der Waals surface area (Å²) in [5.74, 6) is 0. The van der Waals surface area contributed by atoms with Crippen LogP contribution in [0, 0.1) is 0 Å². The van der Waals surface area contributed by atoms with Crippen molar-refractivity contribution in [3.8, 4) is 0 Å². The predicted molar refractivity (Wildman–Crippen MR) is 79.5 cm³/mol. The van der Waals surface area contributed by atoms with Crippen molar-refractivity contribution < 1.29 is 9.53 Å². The van der Waals surface area contributed by atoms with E-state index in [9.17, 15) is 4.79 Å². The molecule has 0 aliphatic carbocycles. The lowest BCUT2D eigenvalue weighted by Gasteiger charge is -2.22. The molecule has 1 aromatic heterocycles. The molecule has 0 spiro atoms. The van der Waals surface area contributed by atoms with E-state index in [0.717, 1.165) is 5.69 Å². The highest BCUT2D eigenvalue weighted by Crippen LogP contribution is 2.09. The highest BCUT2D eigenvalue weighted by molar-refractivity contribution is 5.67. The fourth-order valence-corrected chi connectivity index (χ4v) is 1.75. The molecule has 0 saturated heterocycles. The molecule has 0 aromatic carbocycles. The quantitative estimate of drug-likeness (QED) is 0.869. The zero-order valence-corrected chi connectivity index (χ0v) is 12.9. The highest BCUT2D eigenvalue weighted by atomic mass is 16.6. The van der Waals surface area contributed by atoms with Crippen molar-refractivity contribution in [1.82, 2.24) is 15.6 Å². The Morgan fingerprint density at radius 3 is 2.60 bits per heavy atom. The molecule has 1 aromatic rings. The summed E-state index contributed by atoms with van der Waals surface area (Å²) < 4.78 is 5.19. The second kappa shape index (κ2) is 7.24. The third-order valence-electron chi connectivity index (χ3n) is 2.62. The van der Waals surface area contributed by atoms with Gasteiger partial charge in [0.1, 0.15) is 5.60 Å². The molecule has 0 radical (unpaired) electrons. The van der Waals surface area contributed by atoms with Crippen LogP contribution in [0.4, 0.5) is 4.79 Å². The standard InChI is InChI=1S/C15H25N3O2/c1-11(10-17-14(19)20-15(3,4)5)18-12(2)13-8-6-7-9-16-13/h6-9,11-12,18H,10H2,1-5H3,(H,17,19)/t11?,12-/m1/s1. The number of nitrogens with one attached hydrogen (secondary N) is 2. The number of rotatable bonds is 5. The molecule has 0 aliphatic heterocycles. The van der Waals surface area contributed by atoms with Crippen LogP contribution in [0.1, 0.15) is 46.4 Å². The average Bonchev–Trinajstić information content (AvgIpc) is 2.35. The Morgan fingerprint density at radius 2 is 2.05 bits per heavy atom. The van der Waals surface area contributed by atoms with Crippen LogP contribution in [0.3, 0.4) is 0 Å². The molecule has 2 N–H and O–H groups in total. The zero-order chi connectivity index (χ0) is 15.2. The number of hydrogen-bond acceptors (Lipinski definition) is 4. The molecule has 1 unspecified atom stereocenters. The van der Waals surface area contributed by atoms with Gasteiger partial charge >= 0.3 is 6.09 Å². The summed E-state index contributed by atoms with van der Waals surface area (Å²) >= 11 is 0. The largest absolute Gasteiger partial charge is 0.444 e. The molecule has 20 heavy (non-hydrogen) atoms. The number of alkyl carbamates (subject to hydrolysis) is 1. The normalized spacial score (nSPS) is 14.4. The van der Waals surface area contributed by atoms with E-state index in [1.54, 1.807) is 6.20 Å². The maximum atomic E-state index is 11.5. The van der Waals surface area contributed by atoms with Crippen molar-refractivity contribution in [2.75, 3.05) is 6.54 Å². The van der Waals surface area contributed by atoms with Crippen LogP contribution < -0.4 is 10.6 Å². The van der Waals surface area contributed by atoms with Gasteiger partial charge in [0.15, 0.2) is 0 Å². The van der Waals surface area contributed by atoms with Crippen molar-refractivity contribution >= 4 is 6.09 Å². The van der Waals surface area contributed by atoms with Crippen LogP contribution in [0.15, 0.2) is 24.4 Å². The number of pyridine rings is 1. The molecule has 1 rings (SSSR count). The fraction of sp³-hybridized carbons (Fsp3) is 0.600. The van der Waals surface area contributed by atoms with Gasteiger partial charge in [-0.3, -0.25) is 4.98 Å². The van der Waals surface area contributed by atoms with Gasteiger partial charge in [0.05, 0.1) is 5.69 Å². The van der Waals surface area contributed by atoms with Gasteiger partial charge in [0.25, 0.3) is 0 Å². The van der Waals surface area contributed by atoms with Crippen LogP contribution >= 0.6 is 0 Å². The Morgan fingerprint density at radius 1 is 1.35 bits per heavy atom. The molecule has 2 atom stereocenters. The van der Waals surface area contributed by atoms with Gasteiger partial charge in [-0.1, -0.05) is 6.07 Å². The number of hydrogen-bond donors (Lipinski definition) is 2. The van der Waals surface area contributed by atoms with Crippen LogP contribution in [-0.4, -0.2) is 29.3 Å². The Kier molecular flexibility index (Phi) is 5.95. The third-order valence-corrected chi connectivity index (χ3v) is 2.62. The summed E-state index contributed by atoms with van der Waals surface area (Å²) in [6, 6.07) is 6.09. The maximum absolute atomic E-state index is 11.5. The van der Waals surface area contributed by atoms with Gasteiger partial charge < -0.3 is 15.4 Å². The van der Waals surface area contributed by atoms with Crippen LogP contribution in [0.25, 0.3) is 0 Å². The van der Waals surface area contributed by atoms with Crippen LogP contribution in [-0.2, 0) is 4.74 Å².